The Morgan fingerprint density at radius 1 is 1.18 bits per heavy atom. The third kappa shape index (κ3) is 10.2. The Balaban J connectivity index is 1.48. The largest absolute Gasteiger partial charge is 0.416 e. The Labute approximate surface area is 264 Å². The quantitative estimate of drug-likeness (QED) is 0.161. The number of amides is 2. The van der Waals surface area contributed by atoms with Gasteiger partial charge in [-0.3, -0.25) is 15.0 Å². The van der Waals surface area contributed by atoms with E-state index in [1.165, 1.54) is 28.4 Å². The van der Waals surface area contributed by atoms with Gasteiger partial charge in [0.1, 0.15) is 17.9 Å². The van der Waals surface area contributed by atoms with Crippen molar-refractivity contribution in [2.75, 3.05) is 25.9 Å². The van der Waals surface area contributed by atoms with Gasteiger partial charge in [0, 0.05) is 17.8 Å². The number of piperidine rings is 1. The summed E-state index contributed by atoms with van der Waals surface area (Å²) >= 11 is 1.25. The standard InChI is InChI=1S/C29H39F3N6O5S2/c1-45(41,42)37-23(8-4-18-10-12-35-13-11-18)28(40)38-16-21(43-17-19-2-5-20(6-3-19)29(30,31)32)14-24(38)27(39)36-15-22-7-9-25(44-22)26(33)34/h2-3,5-7,9,18,21,23-24,35,37H,4,8,10-17H2,1H3,(H3,33,34)(H,36,39)/t21-,23-,24-/m1/s1. The summed E-state index contributed by atoms with van der Waals surface area (Å²) < 4.78 is 71.8. The Hall–Kier alpha value is -3.05. The van der Waals surface area contributed by atoms with Gasteiger partial charge >= 0.3 is 6.18 Å². The van der Waals surface area contributed by atoms with E-state index >= 15 is 0 Å². The molecule has 3 atom stereocenters. The highest BCUT2D eigenvalue weighted by Crippen LogP contribution is 2.30. The van der Waals surface area contributed by atoms with Crippen LogP contribution < -0.4 is 21.1 Å². The number of carbonyl (C=O) groups excluding carboxylic acids is 2. The van der Waals surface area contributed by atoms with Gasteiger partial charge in [0.25, 0.3) is 0 Å². The molecular weight excluding hydrogens is 633 g/mol. The summed E-state index contributed by atoms with van der Waals surface area (Å²) in [7, 11) is -3.76. The van der Waals surface area contributed by atoms with Crippen molar-refractivity contribution in [3.8, 4) is 0 Å². The van der Waals surface area contributed by atoms with E-state index in [1.807, 2.05) is 0 Å². The lowest BCUT2D eigenvalue weighted by molar-refractivity contribution is -0.140. The summed E-state index contributed by atoms with van der Waals surface area (Å²) in [5.41, 5.74) is 5.25. The molecule has 1 aromatic heterocycles. The van der Waals surface area contributed by atoms with Crippen molar-refractivity contribution < 1.29 is 35.9 Å². The van der Waals surface area contributed by atoms with E-state index in [0.29, 0.717) is 22.8 Å². The molecule has 2 aliphatic heterocycles. The van der Waals surface area contributed by atoms with Crippen LogP contribution in [-0.2, 0) is 43.7 Å². The van der Waals surface area contributed by atoms with Gasteiger partial charge < -0.3 is 26.0 Å². The number of carbonyl (C=O) groups is 2. The molecule has 1 aromatic carbocycles. The molecule has 248 valence electrons. The first kappa shape index (κ1) is 34.8. The number of ether oxygens (including phenoxy) is 1. The molecule has 0 aliphatic carbocycles. The van der Waals surface area contributed by atoms with Crippen LogP contribution in [0, 0.1) is 11.3 Å². The summed E-state index contributed by atoms with van der Waals surface area (Å²) in [6, 6.07) is 5.93. The first-order valence-electron chi connectivity index (χ1n) is 14.7. The summed E-state index contributed by atoms with van der Waals surface area (Å²) in [4.78, 5) is 30.0. The van der Waals surface area contributed by atoms with Gasteiger partial charge in [-0.2, -0.15) is 13.2 Å². The summed E-state index contributed by atoms with van der Waals surface area (Å²) in [6.07, 6.45) is -1.25. The van der Waals surface area contributed by atoms with Crippen LogP contribution in [0.25, 0.3) is 0 Å². The minimum atomic E-state index is -4.46. The number of sulfonamides is 1. The second-order valence-corrected chi connectivity index (χ2v) is 14.4. The first-order chi connectivity index (χ1) is 21.2. The molecule has 2 aromatic rings. The van der Waals surface area contributed by atoms with Gasteiger partial charge in [-0.25, -0.2) is 13.1 Å². The van der Waals surface area contributed by atoms with Crippen LogP contribution in [0.5, 0.6) is 0 Å². The van der Waals surface area contributed by atoms with Crippen molar-refractivity contribution >= 4 is 39.0 Å². The third-order valence-electron chi connectivity index (χ3n) is 7.96. The van der Waals surface area contributed by atoms with Crippen molar-refractivity contribution in [3.63, 3.8) is 0 Å². The molecule has 0 spiro atoms. The third-order valence-corrected chi connectivity index (χ3v) is 9.79. The highest BCUT2D eigenvalue weighted by Gasteiger charge is 2.43. The summed E-state index contributed by atoms with van der Waals surface area (Å²) in [6.45, 7) is 1.80. The van der Waals surface area contributed by atoms with E-state index in [-0.39, 0.29) is 38.4 Å². The Kier molecular flexibility index (Phi) is 11.6. The van der Waals surface area contributed by atoms with E-state index in [1.54, 1.807) is 12.1 Å². The monoisotopic (exact) mass is 672 g/mol. The fourth-order valence-corrected chi connectivity index (χ4v) is 7.13. The SMILES string of the molecule is CS(=O)(=O)N[C@H](CCC1CCNCC1)C(=O)N1C[C@H](OCc2ccc(C(F)(F)F)cc2)C[C@@H]1C(=O)NCc1ccc(C(=N)N)s1. The second-order valence-electron chi connectivity index (χ2n) is 11.5. The van der Waals surface area contributed by atoms with Crippen molar-refractivity contribution in [2.45, 2.75) is 69.6 Å². The van der Waals surface area contributed by atoms with Crippen LogP contribution >= 0.6 is 11.3 Å². The lowest BCUT2D eigenvalue weighted by Crippen LogP contribution is -2.53. The molecule has 6 N–H and O–H groups in total. The maximum absolute atomic E-state index is 13.9. The van der Waals surface area contributed by atoms with Gasteiger partial charge in [-0.15, -0.1) is 11.3 Å². The number of nitrogen functional groups attached to an aromatic ring is 1. The fourth-order valence-electron chi connectivity index (χ4n) is 5.59. The first-order valence-corrected chi connectivity index (χ1v) is 17.4. The Bertz CT molecular complexity index is 1440. The highest BCUT2D eigenvalue weighted by molar-refractivity contribution is 7.88. The summed E-state index contributed by atoms with van der Waals surface area (Å²) in [5.74, 6) is -0.749. The number of hydrogen-bond acceptors (Lipinski definition) is 8. The van der Waals surface area contributed by atoms with E-state index in [9.17, 15) is 31.2 Å². The van der Waals surface area contributed by atoms with Gasteiger partial charge in [0.15, 0.2) is 0 Å². The van der Waals surface area contributed by atoms with Gasteiger partial charge in [-0.1, -0.05) is 12.1 Å². The zero-order valence-electron chi connectivity index (χ0n) is 24.9. The molecule has 45 heavy (non-hydrogen) atoms. The molecule has 4 rings (SSSR count). The maximum Gasteiger partial charge on any atom is 0.416 e. The van der Waals surface area contributed by atoms with E-state index < -0.39 is 51.8 Å². The molecule has 2 amide bonds. The number of alkyl halides is 3. The molecule has 2 fully saturated rings. The second kappa shape index (κ2) is 15.0. The maximum atomic E-state index is 13.9. The minimum Gasteiger partial charge on any atom is -0.383 e. The number of likely N-dealkylation sites (tertiary alicyclic amines) is 1. The van der Waals surface area contributed by atoms with Crippen LogP contribution in [0.3, 0.4) is 0 Å². The van der Waals surface area contributed by atoms with E-state index in [0.717, 1.165) is 49.2 Å². The van der Waals surface area contributed by atoms with Crippen LogP contribution in [-0.4, -0.2) is 75.0 Å². The number of rotatable bonds is 13. The average molecular weight is 673 g/mol. The van der Waals surface area contributed by atoms with Crippen molar-refractivity contribution in [2.24, 2.45) is 11.7 Å². The van der Waals surface area contributed by atoms with Crippen LogP contribution in [0.15, 0.2) is 36.4 Å². The molecule has 2 aliphatic rings. The molecule has 2 saturated heterocycles. The van der Waals surface area contributed by atoms with E-state index in [2.05, 4.69) is 15.4 Å². The Morgan fingerprint density at radius 2 is 1.87 bits per heavy atom. The molecule has 0 unspecified atom stereocenters. The zero-order chi connectivity index (χ0) is 32.8. The molecule has 0 bridgehead atoms. The minimum absolute atomic E-state index is 0.000329. The predicted octanol–water partition coefficient (Wildman–Crippen LogP) is 2.55. The lowest BCUT2D eigenvalue weighted by atomic mass is 9.91. The molecular formula is C29H39F3N6O5S2. The number of amidine groups is 1. The van der Waals surface area contributed by atoms with Crippen molar-refractivity contribution in [3.05, 3.63) is 57.3 Å². The molecule has 3 heterocycles. The number of halogens is 3. The zero-order valence-corrected chi connectivity index (χ0v) is 26.5. The number of nitrogens with two attached hydrogens (primary N) is 1. The topological polar surface area (TPSA) is 167 Å². The number of hydrogen-bond donors (Lipinski definition) is 5. The van der Waals surface area contributed by atoms with Crippen LogP contribution in [0.2, 0.25) is 0 Å². The van der Waals surface area contributed by atoms with Crippen molar-refractivity contribution in [1.82, 2.24) is 20.3 Å². The number of thiophene rings is 1. The van der Waals surface area contributed by atoms with Crippen LogP contribution in [0.1, 0.15) is 53.0 Å². The fraction of sp³-hybridized carbons (Fsp3) is 0.552. The molecule has 0 radical (unpaired) electrons. The summed E-state index contributed by atoms with van der Waals surface area (Å²) in [5, 5.41) is 13.7. The van der Waals surface area contributed by atoms with Gasteiger partial charge in [0.2, 0.25) is 21.8 Å². The van der Waals surface area contributed by atoms with Gasteiger partial charge in [0.05, 0.1) is 36.0 Å². The highest BCUT2D eigenvalue weighted by atomic mass is 32.2. The average Bonchev–Trinajstić information content (AvgIpc) is 3.64. The Morgan fingerprint density at radius 3 is 2.47 bits per heavy atom. The number of nitrogens with one attached hydrogen (secondary N) is 4. The van der Waals surface area contributed by atoms with Gasteiger partial charge in [-0.05, 0) is 74.5 Å². The predicted molar refractivity (Wildman–Crippen MR) is 164 cm³/mol. The molecule has 11 nitrogen and oxygen atoms in total. The normalized spacial score (nSPS) is 20.2. The molecule has 0 saturated carbocycles. The smallest absolute Gasteiger partial charge is 0.383 e. The lowest BCUT2D eigenvalue weighted by Gasteiger charge is -2.29. The van der Waals surface area contributed by atoms with Crippen LogP contribution in [0.4, 0.5) is 13.2 Å². The van der Waals surface area contributed by atoms with Crippen molar-refractivity contribution in [1.29, 1.82) is 5.41 Å². The number of benzene rings is 1. The number of nitrogens with zero attached hydrogens (tertiary/aromatic N) is 1. The van der Waals surface area contributed by atoms with E-state index in [4.69, 9.17) is 15.9 Å². The molecule has 16 heteroatoms.